The second kappa shape index (κ2) is 7.30. The number of anilines is 1. The van der Waals surface area contributed by atoms with E-state index in [-0.39, 0.29) is 12.5 Å². The summed E-state index contributed by atoms with van der Waals surface area (Å²) in [5.41, 5.74) is 1.31. The molecule has 6 heteroatoms. The van der Waals surface area contributed by atoms with Crippen molar-refractivity contribution in [2.75, 3.05) is 31.6 Å². The Labute approximate surface area is 129 Å². The van der Waals surface area contributed by atoms with E-state index in [2.05, 4.69) is 12.2 Å². The molecule has 1 heterocycles. The van der Waals surface area contributed by atoms with Crippen LogP contribution in [0.15, 0.2) is 18.2 Å². The van der Waals surface area contributed by atoms with Gasteiger partial charge in [0.1, 0.15) is 0 Å². The standard InChI is InChI=1S/C15H18ClN3O2/c1-2-5-18-14-4-3-11(16)8-13(14)15(20)19-6-7-21-12(9-17)10-19/h3-4,8,12,18H,2,5-7,10H2,1H3. The van der Waals surface area contributed by atoms with Crippen molar-refractivity contribution in [3.63, 3.8) is 0 Å². The molecular weight excluding hydrogens is 290 g/mol. The van der Waals surface area contributed by atoms with Gasteiger partial charge in [-0.3, -0.25) is 4.79 Å². The summed E-state index contributed by atoms with van der Waals surface area (Å²) in [4.78, 5) is 14.3. The van der Waals surface area contributed by atoms with Crippen LogP contribution in [0.3, 0.4) is 0 Å². The molecule has 0 radical (unpaired) electrons. The molecule has 1 fully saturated rings. The largest absolute Gasteiger partial charge is 0.384 e. The van der Waals surface area contributed by atoms with Crippen molar-refractivity contribution in [2.24, 2.45) is 0 Å². The summed E-state index contributed by atoms with van der Waals surface area (Å²) in [5.74, 6) is -0.125. The number of rotatable bonds is 4. The Kier molecular flexibility index (Phi) is 5.43. The maximum atomic E-state index is 12.7. The molecule has 1 aromatic carbocycles. The zero-order valence-electron chi connectivity index (χ0n) is 11.9. The lowest BCUT2D eigenvalue weighted by Gasteiger charge is -2.30. The molecule has 2 rings (SSSR count). The molecule has 112 valence electrons. The van der Waals surface area contributed by atoms with Gasteiger partial charge in [0.2, 0.25) is 0 Å². The van der Waals surface area contributed by atoms with Crippen molar-refractivity contribution in [3.8, 4) is 6.07 Å². The van der Waals surface area contributed by atoms with Crippen LogP contribution in [0.4, 0.5) is 5.69 Å². The number of nitrogens with zero attached hydrogens (tertiary/aromatic N) is 2. The third-order valence-electron chi connectivity index (χ3n) is 3.28. The average Bonchev–Trinajstić information content (AvgIpc) is 2.53. The highest BCUT2D eigenvalue weighted by Crippen LogP contribution is 2.23. The quantitative estimate of drug-likeness (QED) is 0.928. The molecule has 1 amide bonds. The molecule has 1 aliphatic rings. The maximum absolute atomic E-state index is 12.7. The van der Waals surface area contributed by atoms with Crippen LogP contribution < -0.4 is 5.32 Å². The molecule has 1 aromatic rings. The van der Waals surface area contributed by atoms with Gasteiger partial charge < -0.3 is 15.0 Å². The molecule has 1 N–H and O–H groups in total. The van der Waals surface area contributed by atoms with Crippen molar-refractivity contribution in [2.45, 2.75) is 19.4 Å². The minimum absolute atomic E-state index is 0.125. The zero-order valence-corrected chi connectivity index (χ0v) is 12.7. The van der Waals surface area contributed by atoms with Crippen molar-refractivity contribution >= 4 is 23.2 Å². The van der Waals surface area contributed by atoms with E-state index in [1.54, 1.807) is 17.0 Å². The smallest absolute Gasteiger partial charge is 0.256 e. The Morgan fingerprint density at radius 2 is 2.43 bits per heavy atom. The summed E-state index contributed by atoms with van der Waals surface area (Å²) in [5, 5.41) is 12.7. The molecule has 0 spiro atoms. The molecule has 0 aromatic heterocycles. The van der Waals surface area contributed by atoms with Crippen LogP contribution in [0.25, 0.3) is 0 Å². The number of morpholine rings is 1. The van der Waals surface area contributed by atoms with Crippen molar-refractivity contribution in [3.05, 3.63) is 28.8 Å². The Hall–Kier alpha value is -1.77. The monoisotopic (exact) mass is 307 g/mol. The predicted octanol–water partition coefficient (Wildman–Crippen LogP) is 2.53. The van der Waals surface area contributed by atoms with E-state index in [0.717, 1.165) is 18.7 Å². The van der Waals surface area contributed by atoms with Gasteiger partial charge in [0.05, 0.1) is 24.8 Å². The van der Waals surface area contributed by atoms with E-state index in [1.165, 1.54) is 0 Å². The molecule has 0 saturated carbocycles. The zero-order chi connectivity index (χ0) is 15.2. The Balaban J connectivity index is 2.21. The first-order chi connectivity index (χ1) is 10.2. The topological polar surface area (TPSA) is 65.4 Å². The third kappa shape index (κ3) is 3.87. The number of benzene rings is 1. The highest BCUT2D eigenvalue weighted by molar-refractivity contribution is 6.31. The molecule has 5 nitrogen and oxygen atoms in total. The Morgan fingerprint density at radius 3 is 3.14 bits per heavy atom. The van der Waals surface area contributed by atoms with Crippen LogP contribution in [0, 0.1) is 11.3 Å². The van der Waals surface area contributed by atoms with E-state index in [4.69, 9.17) is 21.6 Å². The number of hydrogen-bond donors (Lipinski definition) is 1. The number of carbonyl (C=O) groups excluding carboxylic acids is 1. The first-order valence-corrected chi connectivity index (χ1v) is 7.37. The van der Waals surface area contributed by atoms with Gasteiger partial charge in [-0.2, -0.15) is 5.26 Å². The van der Waals surface area contributed by atoms with Crippen LogP contribution in [-0.4, -0.2) is 43.2 Å². The summed E-state index contributed by atoms with van der Waals surface area (Å²) in [6.07, 6.45) is 0.401. The minimum Gasteiger partial charge on any atom is -0.384 e. The predicted molar refractivity (Wildman–Crippen MR) is 81.5 cm³/mol. The first-order valence-electron chi connectivity index (χ1n) is 6.99. The van der Waals surface area contributed by atoms with E-state index < -0.39 is 6.10 Å². The summed E-state index contributed by atoms with van der Waals surface area (Å²) in [6.45, 7) is 3.99. The summed E-state index contributed by atoms with van der Waals surface area (Å²) < 4.78 is 5.27. The number of amides is 1. The van der Waals surface area contributed by atoms with Gasteiger partial charge in [0.15, 0.2) is 6.10 Å². The summed E-state index contributed by atoms with van der Waals surface area (Å²) >= 11 is 6.01. The van der Waals surface area contributed by atoms with E-state index in [9.17, 15) is 4.79 Å². The summed E-state index contributed by atoms with van der Waals surface area (Å²) in [6, 6.07) is 7.28. The number of hydrogen-bond acceptors (Lipinski definition) is 4. The Bertz CT molecular complexity index is 556. The fraction of sp³-hybridized carbons (Fsp3) is 0.467. The van der Waals surface area contributed by atoms with Crippen LogP contribution in [0.5, 0.6) is 0 Å². The first kappa shape index (κ1) is 15.6. The number of ether oxygens (including phenoxy) is 1. The van der Waals surface area contributed by atoms with Gasteiger partial charge in [-0.15, -0.1) is 0 Å². The van der Waals surface area contributed by atoms with Gasteiger partial charge >= 0.3 is 0 Å². The maximum Gasteiger partial charge on any atom is 0.256 e. The van der Waals surface area contributed by atoms with E-state index >= 15 is 0 Å². The number of halogens is 1. The lowest BCUT2D eigenvalue weighted by atomic mass is 10.1. The minimum atomic E-state index is -0.561. The van der Waals surface area contributed by atoms with Gasteiger partial charge in [0.25, 0.3) is 5.91 Å². The molecule has 1 unspecified atom stereocenters. The molecule has 1 atom stereocenters. The normalized spacial score (nSPS) is 18.1. The molecule has 1 saturated heterocycles. The number of nitriles is 1. The molecule has 1 aliphatic heterocycles. The van der Waals surface area contributed by atoms with Crippen LogP contribution >= 0.6 is 11.6 Å². The lowest BCUT2D eigenvalue weighted by molar-refractivity contribution is 0.00351. The van der Waals surface area contributed by atoms with Gasteiger partial charge in [-0.25, -0.2) is 0 Å². The SMILES string of the molecule is CCCNc1ccc(Cl)cc1C(=O)N1CCOC(C#N)C1. The van der Waals surface area contributed by atoms with Crippen LogP contribution in [0.2, 0.25) is 5.02 Å². The average molecular weight is 308 g/mol. The van der Waals surface area contributed by atoms with Crippen molar-refractivity contribution < 1.29 is 9.53 Å². The van der Waals surface area contributed by atoms with Gasteiger partial charge in [0, 0.05) is 23.8 Å². The highest BCUT2D eigenvalue weighted by Gasteiger charge is 2.26. The van der Waals surface area contributed by atoms with Crippen molar-refractivity contribution in [1.82, 2.24) is 4.90 Å². The second-order valence-electron chi connectivity index (χ2n) is 4.86. The fourth-order valence-corrected chi connectivity index (χ4v) is 2.36. The Morgan fingerprint density at radius 1 is 1.62 bits per heavy atom. The van der Waals surface area contributed by atoms with Crippen LogP contribution in [-0.2, 0) is 4.74 Å². The number of nitrogens with one attached hydrogen (secondary N) is 1. The fourth-order valence-electron chi connectivity index (χ4n) is 2.19. The number of carbonyl (C=O) groups is 1. The third-order valence-corrected chi connectivity index (χ3v) is 3.51. The highest BCUT2D eigenvalue weighted by atomic mass is 35.5. The molecular formula is C15H18ClN3O2. The molecule has 0 aliphatic carbocycles. The van der Waals surface area contributed by atoms with Crippen molar-refractivity contribution in [1.29, 1.82) is 5.26 Å². The molecule has 0 bridgehead atoms. The van der Waals surface area contributed by atoms with Crippen LogP contribution in [0.1, 0.15) is 23.7 Å². The second-order valence-corrected chi connectivity index (χ2v) is 5.29. The lowest BCUT2D eigenvalue weighted by Crippen LogP contribution is -2.45. The van der Waals surface area contributed by atoms with Gasteiger partial charge in [-0.05, 0) is 24.6 Å². The van der Waals surface area contributed by atoms with E-state index in [1.807, 2.05) is 12.1 Å². The summed E-state index contributed by atoms with van der Waals surface area (Å²) in [7, 11) is 0. The van der Waals surface area contributed by atoms with E-state index in [0.29, 0.717) is 23.7 Å². The molecule has 21 heavy (non-hydrogen) atoms. The van der Waals surface area contributed by atoms with Gasteiger partial charge in [-0.1, -0.05) is 18.5 Å².